The van der Waals surface area contributed by atoms with E-state index >= 15 is 0 Å². The second-order valence-corrected chi connectivity index (χ2v) is 11.5. The van der Waals surface area contributed by atoms with Crippen LogP contribution in [-0.4, -0.2) is 50.7 Å². The highest BCUT2D eigenvalue weighted by atomic mass is 32.4. The molecule has 0 unspecified atom stereocenters. The van der Waals surface area contributed by atoms with E-state index in [1.165, 1.54) is 24.6 Å². The number of hydrogen-bond donors (Lipinski definition) is 1. The number of nitrogens with one attached hydrogen (secondary N) is 1. The number of nitrogens with zero attached hydrogens (tertiary/aromatic N) is 1. The lowest BCUT2D eigenvalue weighted by Gasteiger charge is -2.41. The zero-order valence-electron chi connectivity index (χ0n) is 14.2. The van der Waals surface area contributed by atoms with E-state index in [0.29, 0.717) is 5.66 Å². The van der Waals surface area contributed by atoms with Gasteiger partial charge in [0.25, 0.3) is 0 Å². The molecule has 5 heteroatoms. The molecule has 1 saturated heterocycles. The Hall–Kier alpha value is -0.510. The SMILES string of the molecule is CN(C)[P@](=S)(c1ccccc1)[C@H]1CCCC=C1[NH+]1CCOCC1. The molecule has 0 bridgehead atoms. The Balaban J connectivity index is 1.99. The summed E-state index contributed by atoms with van der Waals surface area (Å²) in [5.41, 5.74) is 2.07. The quantitative estimate of drug-likeness (QED) is 0.831. The molecule has 1 aliphatic carbocycles. The van der Waals surface area contributed by atoms with Crippen molar-refractivity contribution in [2.24, 2.45) is 0 Å². The summed E-state index contributed by atoms with van der Waals surface area (Å²) in [6.07, 6.45) is 4.37. The molecule has 1 aromatic carbocycles. The second kappa shape index (κ2) is 7.58. The lowest BCUT2D eigenvalue weighted by molar-refractivity contribution is -0.871. The molecule has 0 spiro atoms. The molecule has 0 amide bonds. The zero-order chi connectivity index (χ0) is 16.3. The largest absolute Gasteiger partial charge is 0.370 e. The number of benzene rings is 1. The first-order valence-electron chi connectivity index (χ1n) is 8.60. The van der Waals surface area contributed by atoms with Crippen LogP contribution in [0.5, 0.6) is 0 Å². The highest BCUT2D eigenvalue weighted by molar-refractivity contribution is 8.17. The summed E-state index contributed by atoms with van der Waals surface area (Å²) >= 11 is 6.41. The normalized spacial score (nSPS) is 25.9. The lowest BCUT2D eigenvalue weighted by atomic mass is 10.0. The van der Waals surface area contributed by atoms with Gasteiger partial charge < -0.3 is 9.64 Å². The van der Waals surface area contributed by atoms with Crippen LogP contribution in [0.25, 0.3) is 0 Å². The van der Waals surface area contributed by atoms with Crippen molar-refractivity contribution < 1.29 is 9.64 Å². The maximum absolute atomic E-state index is 6.41. The molecule has 0 radical (unpaired) electrons. The molecule has 23 heavy (non-hydrogen) atoms. The monoisotopic (exact) mass is 351 g/mol. The highest BCUT2D eigenvalue weighted by Gasteiger charge is 2.40. The van der Waals surface area contributed by atoms with Crippen molar-refractivity contribution >= 4 is 23.3 Å². The lowest BCUT2D eigenvalue weighted by Crippen LogP contribution is -3.13. The molecule has 0 saturated carbocycles. The Bertz CT molecular complexity index is 596. The first kappa shape index (κ1) is 17.3. The predicted molar refractivity (Wildman–Crippen MR) is 101 cm³/mol. The molecule has 3 rings (SSSR count). The number of quaternary nitrogens is 1. The number of allylic oxidation sites excluding steroid dienone is 2. The number of morpholine rings is 1. The van der Waals surface area contributed by atoms with Gasteiger partial charge in [-0.15, -0.1) is 0 Å². The molecule has 1 N–H and O–H groups in total. The summed E-state index contributed by atoms with van der Waals surface area (Å²) in [4.78, 5) is 1.60. The maximum Gasteiger partial charge on any atom is 0.113 e. The fourth-order valence-electron chi connectivity index (χ4n) is 3.84. The minimum atomic E-state index is -1.81. The van der Waals surface area contributed by atoms with Crippen LogP contribution in [0.1, 0.15) is 19.3 Å². The first-order chi connectivity index (χ1) is 11.1. The zero-order valence-corrected chi connectivity index (χ0v) is 15.9. The van der Waals surface area contributed by atoms with Gasteiger partial charge in [-0.05, 0) is 44.7 Å². The van der Waals surface area contributed by atoms with Gasteiger partial charge in [0.15, 0.2) is 0 Å². The van der Waals surface area contributed by atoms with Crippen molar-refractivity contribution in [3.05, 3.63) is 42.1 Å². The number of ether oxygens (including phenoxy) is 1. The van der Waals surface area contributed by atoms with Crippen LogP contribution >= 0.6 is 6.19 Å². The number of hydrogen-bond acceptors (Lipinski definition) is 2. The van der Waals surface area contributed by atoms with Crippen LogP contribution in [0.3, 0.4) is 0 Å². The van der Waals surface area contributed by atoms with Crippen LogP contribution < -0.4 is 10.2 Å². The molecule has 3 nitrogen and oxygen atoms in total. The van der Waals surface area contributed by atoms with E-state index in [0.717, 1.165) is 26.3 Å². The molecular weight excluding hydrogens is 323 g/mol. The van der Waals surface area contributed by atoms with Crippen LogP contribution in [0.4, 0.5) is 0 Å². The van der Waals surface area contributed by atoms with Crippen molar-refractivity contribution in [2.45, 2.75) is 24.9 Å². The fourth-order valence-corrected chi connectivity index (χ4v) is 8.04. The summed E-state index contributed by atoms with van der Waals surface area (Å²) < 4.78 is 7.92. The smallest absolute Gasteiger partial charge is 0.113 e. The van der Waals surface area contributed by atoms with Crippen LogP contribution in [0.2, 0.25) is 0 Å². The van der Waals surface area contributed by atoms with Gasteiger partial charge in [0, 0.05) is 0 Å². The van der Waals surface area contributed by atoms with Crippen molar-refractivity contribution in [2.75, 3.05) is 40.4 Å². The number of rotatable bonds is 4. The Labute approximate surface area is 145 Å². The molecule has 1 aromatic rings. The van der Waals surface area contributed by atoms with Gasteiger partial charge in [0.1, 0.15) is 18.8 Å². The van der Waals surface area contributed by atoms with Crippen molar-refractivity contribution in [3.63, 3.8) is 0 Å². The van der Waals surface area contributed by atoms with Gasteiger partial charge in [-0.25, -0.2) is 0 Å². The Morgan fingerprint density at radius 2 is 1.87 bits per heavy atom. The summed E-state index contributed by atoms with van der Waals surface area (Å²) in [5.74, 6) is 0. The summed E-state index contributed by atoms with van der Waals surface area (Å²) in [5, 5.41) is 1.35. The molecule has 2 atom stereocenters. The summed E-state index contributed by atoms with van der Waals surface area (Å²) in [6.45, 7) is 3.91. The molecule has 126 valence electrons. The standard InChI is InChI=1S/C18H27N2OPS/c1-19(2)22(23,16-8-4-3-5-9-16)18-11-7-6-10-17(18)20-12-14-21-15-13-20/h3-5,8-10,18H,6-7,11-15H2,1-2H3/p+1/t18-,22-/m0/s1. The minimum absolute atomic E-state index is 0.497. The third-order valence-electron chi connectivity index (χ3n) is 5.05. The Morgan fingerprint density at radius 1 is 1.17 bits per heavy atom. The van der Waals surface area contributed by atoms with E-state index in [1.807, 2.05) is 0 Å². The van der Waals surface area contributed by atoms with Crippen LogP contribution in [0, 0.1) is 0 Å². The van der Waals surface area contributed by atoms with E-state index in [-0.39, 0.29) is 0 Å². The van der Waals surface area contributed by atoms with Crippen LogP contribution in [0.15, 0.2) is 42.1 Å². The van der Waals surface area contributed by atoms with Crippen LogP contribution in [-0.2, 0) is 16.5 Å². The third-order valence-corrected chi connectivity index (χ3v) is 11.0. The van der Waals surface area contributed by atoms with Crippen molar-refractivity contribution in [1.82, 2.24) is 4.67 Å². The Kier molecular flexibility index (Phi) is 5.71. The van der Waals surface area contributed by atoms with E-state index in [9.17, 15) is 0 Å². The van der Waals surface area contributed by atoms with Crippen molar-refractivity contribution in [1.29, 1.82) is 0 Å². The molecule has 1 heterocycles. The predicted octanol–water partition coefficient (Wildman–Crippen LogP) is 1.62. The topological polar surface area (TPSA) is 16.9 Å². The maximum atomic E-state index is 6.41. The van der Waals surface area contributed by atoms with Gasteiger partial charge in [-0.3, -0.25) is 4.67 Å². The summed E-state index contributed by atoms with van der Waals surface area (Å²) in [6, 6.07) is 10.8. The molecule has 1 fully saturated rings. The van der Waals surface area contributed by atoms with E-state index in [1.54, 1.807) is 10.6 Å². The molecule has 1 aliphatic heterocycles. The van der Waals surface area contributed by atoms with E-state index < -0.39 is 6.19 Å². The minimum Gasteiger partial charge on any atom is -0.370 e. The molecular formula is C18H28N2OPS+. The molecule has 0 aromatic heterocycles. The third kappa shape index (κ3) is 3.47. The Morgan fingerprint density at radius 3 is 2.52 bits per heavy atom. The van der Waals surface area contributed by atoms with E-state index in [4.69, 9.17) is 16.5 Å². The second-order valence-electron chi connectivity index (χ2n) is 6.63. The first-order valence-corrected chi connectivity index (χ1v) is 11.4. The molecule has 2 aliphatic rings. The van der Waals surface area contributed by atoms with Gasteiger partial charge in [0.05, 0.1) is 25.1 Å². The average molecular weight is 351 g/mol. The average Bonchev–Trinajstić information content (AvgIpc) is 2.62. The highest BCUT2D eigenvalue weighted by Crippen LogP contribution is 2.56. The van der Waals surface area contributed by atoms with Gasteiger partial charge >= 0.3 is 0 Å². The fraction of sp³-hybridized carbons (Fsp3) is 0.556. The van der Waals surface area contributed by atoms with Crippen molar-refractivity contribution in [3.8, 4) is 0 Å². The summed E-state index contributed by atoms with van der Waals surface area (Å²) in [7, 11) is 4.35. The van der Waals surface area contributed by atoms with Gasteiger partial charge in [-0.2, -0.15) is 0 Å². The van der Waals surface area contributed by atoms with E-state index in [2.05, 4.69) is 55.2 Å². The van der Waals surface area contributed by atoms with Gasteiger partial charge in [-0.1, -0.05) is 42.1 Å². The van der Waals surface area contributed by atoms with Gasteiger partial charge in [0.2, 0.25) is 0 Å².